The molecule has 1 aromatic carbocycles. The molecule has 2 aromatic heterocycles. The van der Waals surface area contributed by atoms with Crippen molar-refractivity contribution in [1.82, 2.24) is 9.97 Å². The molecule has 0 aliphatic heterocycles. The summed E-state index contributed by atoms with van der Waals surface area (Å²) in [5.41, 5.74) is 0.751. The van der Waals surface area contributed by atoms with Gasteiger partial charge in [0.15, 0.2) is 5.13 Å². The molecule has 0 aliphatic carbocycles. The molecule has 2 heterocycles. The number of aryl methyl sites for hydroxylation is 1. The Bertz CT molecular complexity index is 939. The van der Waals surface area contributed by atoms with Crippen molar-refractivity contribution in [2.24, 2.45) is 0 Å². The Morgan fingerprint density at radius 3 is 2.82 bits per heavy atom. The summed E-state index contributed by atoms with van der Waals surface area (Å²) in [5, 5.41) is 3.38. The number of ether oxygens (including phenoxy) is 2. The highest BCUT2D eigenvalue weighted by atomic mass is 32.2. The molecule has 0 aliphatic rings. The van der Waals surface area contributed by atoms with Crippen molar-refractivity contribution >= 4 is 34.1 Å². The predicted octanol–water partition coefficient (Wildman–Crippen LogP) is 4.18. The SMILES string of the molecule is CCc1cnc(CSc2cnc(NC(=O)Cc3cc(OC)ccc3OC)s2)o1. The van der Waals surface area contributed by atoms with Crippen LogP contribution in [0.5, 0.6) is 11.5 Å². The van der Waals surface area contributed by atoms with Gasteiger partial charge in [-0.15, -0.1) is 11.8 Å². The number of hydrogen-bond donors (Lipinski definition) is 1. The molecule has 148 valence electrons. The Labute approximate surface area is 171 Å². The summed E-state index contributed by atoms with van der Waals surface area (Å²) < 4.78 is 17.1. The average Bonchev–Trinajstić information content (AvgIpc) is 3.35. The second-order valence-electron chi connectivity index (χ2n) is 5.75. The largest absolute Gasteiger partial charge is 0.497 e. The Morgan fingerprint density at radius 2 is 2.11 bits per heavy atom. The molecule has 3 aromatic rings. The lowest BCUT2D eigenvalue weighted by Crippen LogP contribution is -2.14. The number of carbonyl (C=O) groups excluding carboxylic acids is 1. The number of hydrogen-bond acceptors (Lipinski definition) is 8. The molecule has 0 fully saturated rings. The van der Waals surface area contributed by atoms with Crippen molar-refractivity contribution in [3.05, 3.63) is 47.8 Å². The van der Waals surface area contributed by atoms with Crippen molar-refractivity contribution in [2.75, 3.05) is 19.5 Å². The molecule has 28 heavy (non-hydrogen) atoms. The van der Waals surface area contributed by atoms with Crippen molar-refractivity contribution < 1.29 is 18.7 Å². The zero-order valence-corrected chi connectivity index (χ0v) is 17.5. The van der Waals surface area contributed by atoms with Crippen LogP contribution in [0.1, 0.15) is 24.1 Å². The molecule has 0 bridgehead atoms. The van der Waals surface area contributed by atoms with Gasteiger partial charge in [0.25, 0.3) is 0 Å². The van der Waals surface area contributed by atoms with E-state index in [-0.39, 0.29) is 12.3 Å². The van der Waals surface area contributed by atoms with E-state index in [0.29, 0.717) is 28.3 Å². The molecule has 0 unspecified atom stereocenters. The maximum Gasteiger partial charge on any atom is 0.230 e. The first kappa shape index (κ1) is 20.2. The Kier molecular flexibility index (Phi) is 6.94. The summed E-state index contributed by atoms with van der Waals surface area (Å²) in [6, 6.07) is 5.37. The number of aromatic nitrogens is 2. The van der Waals surface area contributed by atoms with Gasteiger partial charge in [-0.3, -0.25) is 4.79 Å². The highest BCUT2D eigenvalue weighted by Gasteiger charge is 2.13. The van der Waals surface area contributed by atoms with E-state index >= 15 is 0 Å². The van der Waals surface area contributed by atoms with E-state index < -0.39 is 0 Å². The zero-order chi connectivity index (χ0) is 19.9. The Hall–Kier alpha value is -2.52. The summed E-state index contributed by atoms with van der Waals surface area (Å²) >= 11 is 2.99. The van der Waals surface area contributed by atoms with Crippen molar-refractivity contribution in [1.29, 1.82) is 0 Å². The van der Waals surface area contributed by atoms with Crippen molar-refractivity contribution in [2.45, 2.75) is 29.7 Å². The number of carbonyl (C=O) groups is 1. The smallest absolute Gasteiger partial charge is 0.230 e. The molecule has 9 heteroatoms. The van der Waals surface area contributed by atoms with Crippen molar-refractivity contribution in [3.8, 4) is 11.5 Å². The van der Waals surface area contributed by atoms with Crippen LogP contribution in [0, 0.1) is 0 Å². The number of anilines is 1. The molecular formula is C19H21N3O4S2. The number of thioether (sulfide) groups is 1. The fourth-order valence-corrected chi connectivity index (χ4v) is 4.19. The van der Waals surface area contributed by atoms with Gasteiger partial charge >= 0.3 is 0 Å². The molecule has 1 amide bonds. The first-order chi connectivity index (χ1) is 13.6. The summed E-state index contributed by atoms with van der Waals surface area (Å²) in [6.45, 7) is 2.02. The zero-order valence-electron chi connectivity index (χ0n) is 15.9. The third kappa shape index (κ3) is 5.26. The standard InChI is InChI=1S/C19H21N3O4S2/c1-4-13-9-20-17(26-13)11-27-18-10-21-19(28-18)22-16(23)8-12-7-14(24-2)5-6-15(12)25-3/h5-7,9-10H,4,8,11H2,1-3H3,(H,21,22,23). The number of amides is 1. The molecule has 0 saturated heterocycles. The van der Waals surface area contributed by atoms with E-state index in [1.54, 1.807) is 56.6 Å². The lowest BCUT2D eigenvalue weighted by molar-refractivity contribution is -0.115. The highest BCUT2D eigenvalue weighted by Crippen LogP contribution is 2.31. The fourth-order valence-electron chi connectivity index (χ4n) is 2.45. The number of rotatable bonds is 9. The van der Waals surface area contributed by atoms with Gasteiger partial charge < -0.3 is 19.2 Å². The molecule has 0 saturated carbocycles. The van der Waals surface area contributed by atoms with E-state index in [2.05, 4.69) is 15.3 Å². The summed E-state index contributed by atoms with van der Waals surface area (Å²) in [7, 11) is 3.16. The van der Waals surface area contributed by atoms with Gasteiger partial charge in [0, 0.05) is 12.0 Å². The molecule has 7 nitrogen and oxygen atoms in total. The highest BCUT2D eigenvalue weighted by molar-refractivity contribution is 8.00. The minimum absolute atomic E-state index is 0.165. The van der Waals surface area contributed by atoms with Gasteiger partial charge in [0.05, 0.1) is 43.0 Å². The Balaban J connectivity index is 1.56. The van der Waals surface area contributed by atoms with E-state index in [4.69, 9.17) is 13.9 Å². The summed E-state index contributed by atoms with van der Waals surface area (Å²) in [6.07, 6.45) is 4.48. The quantitative estimate of drug-likeness (QED) is 0.521. The van der Waals surface area contributed by atoms with Crippen LogP contribution in [0.25, 0.3) is 0 Å². The molecule has 3 rings (SSSR count). The topological polar surface area (TPSA) is 86.5 Å². The Morgan fingerprint density at radius 1 is 1.25 bits per heavy atom. The lowest BCUT2D eigenvalue weighted by Gasteiger charge is -2.10. The first-order valence-electron chi connectivity index (χ1n) is 8.64. The average molecular weight is 420 g/mol. The van der Waals surface area contributed by atoms with Gasteiger partial charge in [-0.25, -0.2) is 9.97 Å². The number of nitrogens with one attached hydrogen (secondary N) is 1. The van der Waals surface area contributed by atoms with Crippen LogP contribution in [0.15, 0.2) is 39.2 Å². The van der Waals surface area contributed by atoms with Crippen LogP contribution in [-0.4, -0.2) is 30.1 Å². The van der Waals surface area contributed by atoms with Gasteiger partial charge in [0.1, 0.15) is 17.3 Å². The normalized spacial score (nSPS) is 10.7. The molecule has 1 N–H and O–H groups in total. The lowest BCUT2D eigenvalue weighted by atomic mass is 10.1. The van der Waals surface area contributed by atoms with Crippen LogP contribution in [-0.2, 0) is 23.4 Å². The molecule has 0 atom stereocenters. The number of nitrogens with zero attached hydrogens (tertiary/aromatic N) is 2. The van der Waals surface area contributed by atoms with Gasteiger partial charge in [0.2, 0.25) is 11.8 Å². The molecular weight excluding hydrogens is 398 g/mol. The van der Waals surface area contributed by atoms with Gasteiger partial charge in [-0.1, -0.05) is 18.3 Å². The summed E-state index contributed by atoms with van der Waals surface area (Å²) in [4.78, 5) is 20.9. The third-order valence-electron chi connectivity index (χ3n) is 3.86. The second-order valence-corrected chi connectivity index (χ2v) is 8.06. The summed E-state index contributed by atoms with van der Waals surface area (Å²) in [5.74, 6) is 3.33. The van der Waals surface area contributed by atoms with E-state index in [1.807, 2.05) is 6.92 Å². The van der Waals surface area contributed by atoms with Crippen LogP contribution < -0.4 is 14.8 Å². The van der Waals surface area contributed by atoms with Gasteiger partial charge in [-0.05, 0) is 18.2 Å². The maximum atomic E-state index is 12.4. The van der Waals surface area contributed by atoms with E-state index in [1.165, 1.54) is 11.3 Å². The monoisotopic (exact) mass is 419 g/mol. The number of thiazole rings is 1. The molecule has 0 spiro atoms. The van der Waals surface area contributed by atoms with Crippen LogP contribution in [0.4, 0.5) is 5.13 Å². The fraction of sp³-hybridized carbons (Fsp3) is 0.316. The van der Waals surface area contributed by atoms with Crippen LogP contribution >= 0.6 is 23.1 Å². The number of oxazole rings is 1. The second kappa shape index (κ2) is 9.61. The third-order valence-corrected chi connectivity index (χ3v) is 5.95. The van der Waals surface area contributed by atoms with Crippen LogP contribution in [0.3, 0.4) is 0 Å². The maximum absolute atomic E-state index is 12.4. The minimum atomic E-state index is -0.169. The van der Waals surface area contributed by atoms with E-state index in [9.17, 15) is 4.79 Å². The van der Waals surface area contributed by atoms with Crippen molar-refractivity contribution in [3.63, 3.8) is 0 Å². The number of methoxy groups -OCH3 is 2. The number of benzene rings is 1. The van der Waals surface area contributed by atoms with Crippen LogP contribution in [0.2, 0.25) is 0 Å². The first-order valence-corrected chi connectivity index (χ1v) is 10.4. The minimum Gasteiger partial charge on any atom is -0.497 e. The van der Waals surface area contributed by atoms with E-state index in [0.717, 1.165) is 22.0 Å². The predicted molar refractivity (Wildman–Crippen MR) is 109 cm³/mol. The van der Waals surface area contributed by atoms with Gasteiger partial charge in [-0.2, -0.15) is 0 Å². The molecule has 0 radical (unpaired) electrons.